The topological polar surface area (TPSA) is 29.9 Å². The normalized spacial score (nSPS) is 12.0. The summed E-state index contributed by atoms with van der Waals surface area (Å²) in [7, 11) is 0. The monoisotopic (exact) mass is 247 g/mol. The van der Waals surface area contributed by atoms with Gasteiger partial charge in [-0.05, 0) is 39.3 Å². The van der Waals surface area contributed by atoms with E-state index in [1.54, 1.807) is 0 Å². The molecule has 0 amide bonds. The summed E-state index contributed by atoms with van der Waals surface area (Å²) in [6.45, 7) is 10.3. The summed E-state index contributed by atoms with van der Waals surface area (Å²) >= 11 is 0. The molecule has 3 heteroatoms. The molecule has 1 aromatic rings. The standard InChI is InChI=1S/C15H25N3/c1-5-9-10-14(16-11-6-2)15-12-13(7-3)17-18(15)8-4/h12,14,16H,6-8,10-11H2,1-4H3. The molecule has 1 rings (SSSR count). The quantitative estimate of drug-likeness (QED) is 0.751. The highest BCUT2D eigenvalue weighted by Gasteiger charge is 2.15. The van der Waals surface area contributed by atoms with Gasteiger partial charge in [0.2, 0.25) is 0 Å². The van der Waals surface area contributed by atoms with E-state index < -0.39 is 0 Å². The van der Waals surface area contributed by atoms with E-state index in [4.69, 9.17) is 0 Å². The summed E-state index contributed by atoms with van der Waals surface area (Å²) in [4.78, 5) is 0. The van der Waals surface area contributed by atoms with Crippen molar-refractivity contribution in [3.8, 4) is 11.8 Å². The van der Waals surface area contributed by atoms with E-state index in [9.17, 15) is 0 Å². The highest BCUT2D eigenvalue weighted by molar-refractivity contribution is 5.17. The summed E-state index contributed by atoms with van der Waals surface area (Å²) in [5.74, 6) is 6.16. The van der Waals surface area contributed by atoms with Crippen molar-refractivity contribution in [1.29, 1.82) is 0 Å². The maximum Gasteiger partial charge on any atom is 0.0625 e. The van der Waals surface area contributed by atoms with Gasteiger partial charge in [0.1, 0.15) is 0 Å². The predicted molar refractivity (Wildman–Crippen MR) is 76.4 cm³/mol. The van der Waals surface area contributed by atoms with Gasteiger partial charge >= 0.3 is 0 Å². The smallest absolute Gasteiger partial charge is 0.0625 e. The highest BCUT2D eigenvalue weighted by Crippen LogP contribution is 2.18. The molecule has 0 saturated heterocycles. The zero-order chi connectivity index (χ0) is 13.4. The molecule has 1 unspecified atom stereocenters. The third-order valence-electron chi connectivity index (χ3n) is 3.00. The maximum atomic E-state index is 4.61. The second-order valence-electron chi connectivity index (χ2n) is 4.37. The molecule has 0 aliphatic carbocycles. The molecule has 1 N–H and O–H groups in total. The number of nitrogens with one attached hydrogen (secondary N) is 1. The Bertz CT molecular complexity index is 409. The Kier molecular flexibility index (Phi) is 6.53. The molecule has 1 heterocycles. The van der Waals surface area contributed by atoms with Crippen LogP contribution in [0.5, 0.6) is 0 Å². The van der Waals surface area contributed by atoms with Crippen LogP contribution < -0.4 is 5.32 Å². The molecule has 1 atom stereocenters. The van der Waals surface area contributed by atoms with Crippen LogP contribution in [0.1, 0.15) is 58.0 Å². The average molecular weight is 247 g/mol. The van der Waals surface area contributed by atoms with Gasteiger partial charge in [0.05, 0.1) is 17.4 Å². The Labute approximate surface area is 111 Å². The van der Waals surface area contributed by atoms with Gasteiger partial charge in [0.25, 0.3) is 0 Å². The number of hydrogen-bond acceptors (Lipinski definition) is 2. The van der Waals surface area contributed by atoms with Crippen LogP contribution in [0.15, 0.2) is 6.07 Å². The van der Waals surface area contributed by atoms with Crippen LogP contribution in [-0.2, 0) is 13.0 Å². The Hall–Kier alpha value is -1.27. The van der Waals surface area contributed by atoms with Crippen molar-refractivity contribution in [2.45, 2.75) is 59.5 Å². The molecule has 0 fully saturated rings. The zero-order valence-corrected chi connectivity index (χ0v) is 12.1. The molecule has 1 aromatic heterocycles. The first-order chi connectivity index (χ1) is 8.76. The maximum absolute atomic E-state index is 4.61. The fourth-order valence-corrected chi connectivity index (χ4v) is 2.00. The van der Waals surface area contributed by atoms with Crippen molar-refractivity contribution in [3.05, 3.63) is 17.5 Å². The van der Waals surface area contributed by atoms with Crippen molar-refractivity contribution < 1.29 is 0 Å². The van der Waals surface area contributed by atoms with Crippen LogP contribution in [-0.4, -0.2) is 16.3 Å². The van der Waals surface area contributed by atoms with E-state index in [1.165, 1.54) is 11.4 Å². The van der Waals surface area contributed by atoms with Crippen LogP contribution in [0.2, 0.25) is 0 Å². The molecule has 0 saturated carbocycles. The minimum atomic E-state index is 0.296. The van der Waals surface area contributed by atoms with Gasteiger partial charge in [-0.2, -0.15) is 5.10 Å². The fraction of sp³-hybridized carbons (Fsp3) is 0.667. The van der Waals surface area contributed by atoms with Crippen molar-refractivity contribution in [1.82, 2.24) is 15.1 Å². The van der Waals surface area contributed by atoms with E-state index in [2.05, 4.69) is 53.8 Å². The Morgan fingerprint density at radius 2 is 2.17 bits per heavy atom. The molecule has 3 nitrogen and oxygen atoms in total. The molecule has 100 valence electrons. The molecule has 0 aliphatic rings. The van der Waals surface area contributed by atoms with Gasteiger partial charge in [-0.1, -0.05) is 13.8 Å². The van der Waals surface area contributed by atoms with Crippen molar-refractivity contribution in [2.75, 3.05) is 6.54 Å². The second kappa shape index (κ2) is 7.94. The summed E-state index contributed by atoms with van der Waals surface area (Å²) in [6.07, 6.45) is 2.97. The van der Waals surface area contributed by atoms with E-state index in [0.717, 1.165) is 32.4 Å². The number of hydrogen-bond donors (Lipinski definition) is 1. The summed E-state index contributed by atoms with van der Waals surface area (Å²) in [6, 6.07) is 2.51. The number of nitrogens with zero attached hydrogens (tertiary/aromatic N) is 2. The zero-order valence-electron chi connectivity index (χ0n) is 12.1. The molecule has 0 spiro atoms. The minimum absolute atomic E-state index is 0.296. The second-order valence-corrected chi connectivity index (χ2v) is 4.37. The minimum Gasteiger partial charge on any atom is -0.308 e. The third-order valence-corrected chi connectivity index (χ3v) is 3.00. The first-order valence-corrected chi connectivity index (χ1v) is 6.96. The lowest BCUT2D eigenvalue weighted by Gasteiger charge is -2.17. The molecule has 18 heavy (non-hydrogen) atoms. The lowest BCUT2D eigenvalue weighted by molar-refractivity contribution is 0.487. The van der Waals surface area contributed by atoms with Crippen molar-refractivity contribution in [2.24, 2.45) is 0 Å². The van der Waals surface area contributed by atoms with E-state index >= 15 is 0 Å². The summed E-state index contributed by atoms with van der Waals surface area (Å²) < 4.78 is 2.10. The molecular weight excluding hydrogens is 222 g/mol. The lowest BCUT2D eigenvalue weighted by Crippen LogP contribution is -2.24. The number of aryl methyl sites for hydroxylation is 2. The van der Waals surface area contributed by atoms with Crippen LogP contribution in [0, 0.1) is 11.8 Å². The van der Waals surface area contributed by atoms with Crippen molar-refractivity contribution >= 4 is 0 Å². The van der Waals surface area contributed by atoms with E-state index in [1.807, 2.05) is 6.92 Å². The largest absolute Gasteiger partial charge is 0.308 e. The molecule has 0 bridgehead atoms. The van der Waals surface area contributed by atoms with Crippen molar-refractivity contribution in [3.63, 3.8) is 0 Å². The Balaban J connectivity index is 2.93. The third kappa shape index (κ3) is 3.89. The highest BCUT2D eigenvalue weighted by atomic mass is 15.3. The average Bonchev–Trinajstić information content (AvgIpc) is 2.82. The Morgan fingerprint density at radius 1 is 1.39 bits per heavy atom. The van der Waals surface area contributed by atoms with Crippen LogP contribution in [0.25, 0.3) is 0 Å². The number of rotatable bonds is 7. The SMILES string of the molecule is CC#CCC(NCCC)c1cc(CC)nn1CC. The van der Waals surface area contributed by atoms with Gasteiger partial charge in [-0.3, -0.25) is 4.68 Å². The predicted octanol–water partition coefficient (Wildman–Crippen LogP) is 2.92. The van der Waals surface area contributed by atoms with E-state index in [-0.39, 0.29) is 0 Å². The van der Waals surface area contributed by atoms with Crippen LogP contribution in [0.4, 0.5) is 0 Å². The number of aromatic nitrogens is 2. The Morgan fingerprint density at radius 3 is 2.72 bits per heavy atom. The van der Waals surface area contributed by atoms with Gasteiger partial charge in [0.15, 0.2) is 0 Å². The summed E-state index contributed by atoms with van der Waals surface area (Å²) in [5, 5.41) is 8.18. The first-order valence-electron chi connectivity index (χ1n) is 6.96. The van der Waals surface area contributed by atoms with Gasteiger partial charge < -0.3 is 5.32 Å². The van der Waals surface area contributed by atoms with Gasteiger partial charge in [-0.25, -0.2) is 0 Å². The van der Waals surface area contributed by atoms with Gasteiger partial charge in [0, 0.05) is 13.0 Å². The molecule has 0 aromatic carbocycles. The first kappa shape index (κ1) is 14.8. The van der Waals surface area contributed by atoms with E-state index in [0.29, 0.717) is 6.04 Å². The molecule has 0 aliphatic heterocycles. The molecular formula is C15H25N3. The van der Waals surface area contributed by atoms with Crippen LogP contribution >= 0.6 is 0 Å². The fourth-order valence-electron chi connectivity index (χ4n) is 2.00. The lowest BCUT2D eigenvalue weighted by atomic mass is 10.1. The summed E-state index contributed by atoms with van der Waals surface area (Å²) in [5.41, 5.74) is 2.44. The molecule has 0 radical (unpaired) electrons. The van der Waals surface area contributed by atoms with Gasteiger partial charge in [-0.15, -0.1) is 11.8 Å². The van der Waals surface area contributed by atoms with Crippen LogP contribution in [0.3, 0.4) is 0 Å².